The van der Waals surface area contributed by atoms with Crippen LogP contribution in [0.15, 0.2) is 35.9 Å². The Kier molecular flexibility index (Phi) is 4.73. The van der Waals surface area contributed by atoms with Gasteiger partial charge in [0, 0.05) is 24.7 Å². The molecule has 4 heteroatoms. The standard InChI is InChI=1S/C29H38O4/c1-19-3-5-20(6-4-19)24-18-27(2)25(10-12-29(27)32-15-16-33-29)23-8-7-21-17-28(30-13-14-31-28)11-9-22(21)26(23)24/h3-7,22-26H,8-18H2,1-2H3/t22-,23-,24+,25-,26+,27-/m0/s1. The average Bonchev–Trinajstić information content (AvgIpc) is 3.55. The second-order valence-electron chi connectivity index (χ2n) is 11.9. The van der Waals surface area contributed by atoms with E-state index < -0.39 is 0 Å². The number of fused-ring (bicyclic) bond motifs is 6. The second-order valence-corrected chi connectivity index (χ2v) is 11.9. The molecule has 2 aliphatic heterocycles. The number of benzene rings is 1. The predicted octanol–water partition coefficient (Wildman–Crippen LogP) is 5.75. The Morgan fingerprint density at radius 1 is 0.848 bits per heavy atom. The summed E-state index contributed by atoms with van der Waals surface area (Å²) in [4.78, 5) is 0. The summed E-state index contributed by atoms with van der Waals surface area (Å²) < 4.78 is 25.2. The minimum atomic E-state index is -0.363. The van der Waals surface area contributed by atoms with Gasteiger partial charge in [-0.1, -0.05) is 48.4 Å². The number of rotatable bonds is 1. The number of ether oxygens (including phenoxy) is 4. The summed E-state index contributed by atoms with van der Waals surface area (Å²) in [5.74, 6) is 2.58. The first-order valence-electron chi connectivity index (χ1n) is 13.3. The van der Waals surface area contributed by atoms with Crippen molar-refractivity contribution in [3.63, 3.8) is 0 Å². The Labute approximate surface area is 198 Å². The van der Waals surface area contributed by atoms with Crippen molar-refractivity contribution in [1.29, 1.82) is 0 Å². The first-order valence-corrected chi connectivity index (χ1v) is 13.3. The van der Waals surface area contributed by atoms with Crippen LogP contribution in [-0.4, -0.2) is 38.0 Å². The molecular weight excluding hydrogens is 412 g/mol. The third-order valence-corrected chi connectivity index (χ3v) is 10.6. The minimum Gasteiger partial charge on any atom is -0.347 e. The van der Waals surface area contributed by atoms with E-state index in [0.717, 1.165) is 45.7 Å². The van der Waals surface area contributed by atoms with Crippen LogP contribution in [0.4, 0.5) is 0 Å². The summed E-state index contributed by atoms with van der Waals surface area (Å²) >= 11 is 0. The van der Waals surface area contributed by atoms with Crippen LogP contribution in [-0.2, 0) is 18.9 Å². The molecule has 6 aliphatic rings. The molecule has 2 heterocycles. The van der Waals surface area contributed by atoms with Gasteiger partial charge in [0.15, 0.2) is 11.6 Å². The van der Waals surface area contributed by atoms with Crippen LogP contribution in [0.1, 0.15) is 68.9 Å². The molecule has 0 N–H and O–H groups in total. The van der Waals surface area contributed by atoms with Gasteiger partial charge in [-0.05, 0) is 67.8 Å². The molecule has 3 saturated carbocycles. The van der Waals surface area contributed by atoms with Crippen molar-refractivity contribution in [3.05, 3.63) is 47.0 Å². The van der Waals surface area contributed by atoms with Crippen LogP contribution >= 0.6 is 0 Å². The van der Waals surface area contributed by atoms with Crippen LogP contribution < -0.4 is 0 Å². The number of hydrogen-bond donors (Lipinski definition) is 0. The lowest BCUT2D eigenvalue weighted by atomic mass is 9.48. The fraction of sp³-hybridized carbons (Fsp3) is 0.724. The second kappa shape index (κ2) is 7.40. The van der Waals surface area contributed by atoms with Gasteiger partial charge in [0.1, 0.15) is 0 Å². The fourth-order valence-electron chi connectivity index (χ4n) is 9.15. The third-order valence-electron chi connectivity index (χ3n) is 10.6. The quantitative estimate of drug-likeness (QED) is 0.511. The molecule has 4 nitrogen and oxygen atoms in total. The van der Waals surface area contributed by atoms with Crippen molar-refractivity contribution in [2.24, 2.45) is 29.1 Å². The third kappa shape index (κ3) is 2.97. The van der Waals surface area contributed by atoms with E-state index in [2.05, 4.69) is 44.2 Å². The van der Waals surface area contributed by atoms with Crippen LogP contribution in [0, 0.1) is 36.0 Å². The Bertz CT molecular complexity index is 939. The van der Waals surface area contributed by atoms with Gasteiger partial charge in [0.25, 0.3) is 0 Å². The predicted molar refractivity (Wildman–Crippen MR) is 126 cm³/mol. The van der Waals surface area contributed by atoms with E-state index in [9.17, 15) is 0 Å². The topological polar surface area (TPSA) is 36.9 Å². The lowest BCUT2D eigenvalue weighted by Gasteiger charge is -2.58. The molecule has 178 valence electrons. The van der Waals surface area contributed by atoms with Gasteiger partial charge in [-0.25, -0.2) is 0 Å². The van der Waals surface area contributed by atoms with Crippen LogP contribution in [0.25, 0.3) is 0 Å². The molecule has 6 atom stereocenters. The van der Waals surface area contributed by atoms with Gasteiger partial charge < -0.3 is 18.9 Å². The maximum Gasteiger partial charge on any atom is 0.174 e. The molecule has 2 spiro atoms. The Morgan fingerprint density at radius 2 is 1.58 bits per heavy atom. The molecule has 1 aromatic rings. The van der Waals surface area contributed by atoms with Gasteiger partial charge in [-0.15, -0.1) is 0 Å². The van der Waals surface area contributed by atoms with Gasteiger partial charge in [-0.3, -0.25) is 0 Å². The SMILES string of the molecule is Cc1ccc([C@H]2C[C@@]3(C)[C@@H](CCC34OCCO4)[C@@H]3CC=C4CC5(CC[C@@H]4[C@H]32)OCCO5)cc1. The first kappa shape index (κ1) is 21.1. The molecule has 5 fully saturated rings. The monoisotopic (exact) mass is 450 g/mol. The van der Waals surface area contributed by atoms with Gasteiger partial charge in [-0.2, -0.15) is 0 Å². The number of hydrogen-bond acceptors (Lipinski definition) is 4. The van der Waals surface area contributed by atoms with Crippen molar-refractivity contribution in [1.82, 2.24) is 0 Å². The summed E-state index contributed by atoms with van der Waals surface area (Å²) in [5, 5.41) is 0. The lowest BCUT2D eigenvalue weighted by Crippen LogP contribution is -2.55. The zero-order chi connectivity index (χ0) is 22.3. The van der Waals surface area contributed by atoms with E-state index in [-0.39, 0.29) is 17.0 Å². The molecule has 0 unspecified atom stereocenters. The summed E-state index contributed by atoms with van der Waals surface area (Å²) in [6.45, 7) is 7.70. The molecular formula is C29H38O4. The van der Waals surface area contributed by atoms with Crippen molar-refractivity contribution in [2.75, 3.05) is 26.4 Å². The summed E-state index contributed by atoms with van der Waals surface area (Å²) in [6.07, 6.45) is 10.5. The summed E-state index contributed by atoms with van der Waals surface area (Å²) in [7, 11) is 0. The van der Waals surface area contributed by atoms with Crippen molar-refractivity contribution < 1.29 is 18.9 Å². The zero-order valence-electron chi connectivity index (χ0n) is 20.2. The normalized spacial score (nSPS) is 42.7. The highest BCUT2D eigenvalue weighted by atomic mass is 16.7. The molecule has 0 radical (unpaired) electrons. The highest BCUT2D eigenvalue weighted by molar-refractivity contribution is 5.32. The van der Waals surface area contributed by atoms with E-state index in [1.165, 1.54) is 36.8 Å². The van der Waals surface area contributed by atoms with Crippen LogP contribution in [0.2, 0.25) is 0 Å². The molecule has 0 bridgehead atoms. The van der Waals surface area contributed by atoms with E-state index in [0.29, 0.717) is 29.6 Å². The first-order chi connectivity index (χ1) is 16.0. The van der Waals surface area contributed by atoms with E-state index >= 15 is 0 Å². The van der Waals surface area contributed by atoms with Gasteiger partial charge in [0.2, 0.25) is 0 Å². The molecule has 0 aromatic heterocycles. The molecule has 2 saturated heterocycles. The number of aryl methyl sites for hydroxylation is 1. The largest absolute Gasteiger partial charge is 0.347 e. The van der Waals surface area contributed by atoms with E-state index in [1.54, 1.807) is 5.57 Å². The summed E-state index contributed by atoms with van der Waals surface area (Å²) in [5.41, 5.74) is 4.56. The van der Waals surface area contributed by atoms with Crippen molar-refractivity contribution >= 4 is 0 Å². The maximum atomic E-state index is 6.46. The van der Waals surface area contributed by atoms with Gasteiger partial charge in [0.05, 0.1) is 26.4 Å². The molecule has 7 rings (SSSR count). The zero-order valence-corrected chi connectivity index (χ0v) is 20.2. The lowest BCUT2D eigenvalue weighted by molar-refractivity contribution is -0.243. The average molecular weight is 451 g/mol. The smallest absolute Gasteiger partial charge is 0.174 e. The minimum absolute atomic E-state index is 0.0825. The molecule has 4 aliphatic carbocycles. The van der Waals surface area contributed by atoms with Gasteiger partial charge >= 0.3 is 0 Å². The van der Waals surface area contributed by atoms with E-state index in [1.807, 2.05) is 0 Å². The number of allylic oxidation sites excluding steroid dienone is 1. The highest BCUT2D eigenvalue weighted by Gasteiger charge is 2.67. The van der Waals surface area contributed by atoms with Crippen LogP contribution in [0.5, 0.6) is 0 Å². The maximum absolute atomic E-state index is 6.46. The Morgan fingerprint density at radius 3 is 2.33 bits per heavy atom. The highest BCUT2D eigenvalue weighted by Crippen LogP contribution is 2.69. The van der Waals surface area contributed by atoms with Crippen molar-refractivity contribution in [3.8, 4) is 0 Å². The molecule has 1 aromatic carbocycles. The molecule has 33 heavy (non-hydrogen) atoms. The van der Waals surface area contributed by atoms with Crippen molar-refractivity contribution in [2.45, 2.75) is 76.3 Å². The molecule has 0 amide bonds. The fourth-order valence-corrected chi connectivity index (χ4v) is 9.15. The summed E-state index contributed by atoms with van der Waals surface area (Å²) in [6, 6.07) is 9.43. The van der Waals surface area contributed by atoms with Crippen LogP contribution in [0.3, 0.4) is 0 Å². The Hall–Kier alpha value is -1.20. The van der Waals surface area contributed by atoms with E-state index in [4.69, 9.17) is 18.9 Å². The Balaban J connectivity index is 1.30.